The van der Waals surface area contributed by atoms with Gasteiger partial charge in [0.1, 0.15) is 6.61 Å². The van der Waals surface area contributed by atoms with Crippen molar-refractivity contribution in [3.63, 3.8) is 0 Å². The molecule has 1 saturated carbocycles. The van der Waals surface area contributed by atoms with Crippen LogP contribution in [0, 0.1) is 5.92 Å². The van der Waals surface area contributed by atoms with Gasteiger partial charge in [-0.05, 0) is 76.7 Å². The maximum absolute atomic E-state index is 13.2. The Labute approximate surface area is 207 Å². The van der Waals surface area contributed by atoms with Crippen molar-refractivity contribution in [1.29, 1.82) is 0 Å². The third-order valence-electron chi connectivity index (χ3n) is 8.09. The third kappa shape index (κ3) is 6.85. The van der Waals surface area contributed by atoms with Crippen LogP contribution in [0.1, 0.15) is 65.2 Å². The molecule has 0 spiro atoms. The SMILES string of the molecule is C=CCCN1[C@@H](COC(=O)N2CCN(CC3CC3)CCC2C)CCC[C@H]1C1=CCC(C)=CC=C1. The maximum Gasteiger partial charge on any atom is 0.410 e. The number of nitrogens with zero attached hydrogens (tertiary/aromatic N) is 3. The average Bonchev–Trinajstić information content (AvgIpc) is 3.68. The molecule has 0 aromatic heterocycles. The molecule has 2 saturated heterocycles. The molecule has 2 aliphatic heterocycles. The van der Waals surface area contributed by atoms with Gasteiger partial charge in [-0.15, -0.1) is 6.58 Å². The minimum absolute atomic E-state index is 0.125. The minimum atomic E-state index is -0.125. The number of hydrogen-bond donors (Lipinski definition) is 0. The molecular formula is C29H45N3O2. The molecule has 0 aromatic carbocycles. The van der Waals surface area contributed by atoms with E-state index >= 15 is 0 Å². The summed E-state index contributed by atoms with van der Waals surface area (Å²) in [5.41, 5.74) is 2.80. The summed E-state index contributed by atoms with van der Waals surface area (Å²) in [7, 11) is 0. The number of rotatable bonds is 8. The Hall–Kier alpha value is -1.85. The van der Waals surface area contributed by atoms with Gasteiger partial charge < -0.3 is 14.5 Å². The molecule has 0 aromatic rings. The molecule has 1 unspecified atom stereocenters. The van der Waals surface area contributed by atoms with E-state index in [0.717, 1.165) is 64.2 Å². The highest BCUT2D eigenvalue weighted by molar-refractivity contribution is 5.68. The normalized spacial score (nSPS) is 29.1. The lowest BCUT2D eigenvalue weighted by Crippen LogP contribution is -2.50. The molecule has 34 heavy (non-hydrogen) atoms. The van der Waals surface area contributed by atoms with Crippen molar-refractivity contribution in [2.24, 2.45) is 5.92 Å². The number of ether oxygens (including phenoxy) is 1. The molecule has 0 bridgehead atoms. The highest BCUT2D eigenvalue weighted by atomic mass is 16.6. The molecular weight excluding hydrogens is 422 g/mol. The van der Waals surface area contributed by atoms with Crippen LogP contribution in [0.4, 0.5) is 4.79 Å². The Balaban J connectivity index is 1.36. The molecule has 0 N–H and O–H groups in total. The predicted molar refractivity (Wildman–Crippen MR) is 140 cm³/mol. The number of piperidine rings is 1. The molecule has 3 fully saturated rings. The molecule has 2 heterocycles. The molecule has 2 aliphatic carbocycles. The lowest BCUT2D eigenvalue weighted by atomic mass is 9.90. The number of carbonyl (C=O) groups excluding carboxylic acids is 1. The van der Waals surface area contributed by atoms with Crippen LogP contribution in [0.15, 0.2) is 48.1 Å². The van der Waals surface area contributed by atoms with Crippen molar-refractivity contribution in [2.75, 3.05) is 39.3 Å². The number of amides is 1. The van der Waals surface area contributed by atoms with E-state index in [4.69, 9.17) is 4.74 Å². The fraction of sp³-hybridized carbons (Fsp3) is 0.690. The first-order chi connectivity index (χ1) is 16.5. The zero-order chi connectivity index (χ0) is 23.9. The number of hydrogen-bond acceptors (Lipinski definition) is 4. The van der Waals surface area contributed by atoms with Gasteiger partial charge in [0, 0.05) is 50.8 Å². The predicted octanol–water partition coefficient (Wildman–Crippen LogP) is 5.56. The lowest BCUT2D eigenvalue weighted by Gasteiger charge is -2.43. The van der Waals surface area contributed by atoms with Crippen molar-refractivity contribution in [2.45, 2.75) is 83.3 Å². The zero-order valence-corrected chi connectivity index (χ0v) is 21.5. The van der Waals surface area contributed by atoms with Crippen molar-refractivity contribution in [3.8, 4) is 0 Å². The maximum atomic E-state index is 13.2. The van der Waals surface area contributed by atoms with E-state index in [1.807, 2.05) is 11.0 Å². The fourth-order valence-electron chi connectivity index (χ4n) is 5.71. The largest absolute Gasteiger partial charge is 0.448 e. The molecule has 5 nitrogen and oxygen atoms in total. The van der Waals surface area contributed by atoms with Crippen molar-refractivity contribution in [1.82, 2.24) is 14.7 Å². The molecule has 1 amide bonds. The van der Waals surface area contributed by atoms with E-state index in [9.17, 15) is 4.79 Å². The highest BCUT2D eigenvalue weighted by Gasteiger charge is 2.34. The number of allylic oxidation sites excluding steroid dienone is 4. The van der Waals surface area contributed by atoms with E-state index in [1.165, 1.54) is 37.0 Å². The van der Waals surface area contributed by atoms with Crippen LogP contribution in [0.2, 0.25) is 0 Å². The molecule has 4 rings (SSSR count). The van der Waals surface area contributed by atoms with Gasteiger partial charge in [0.25, 0.3) is 0 Å². The van der Waals surface area contributed by atoms with E-state index in [1.54, 1.807) is 0 Å². The number of likely N-dealkylation sites (tertiary alicyclic amines) is 1. The van der Waals surface area contributed by atoms with Gasteiger partial charge in [0.2, 0.25) is 0 Å². The van der Waals surface area contributed by atoms with Gasteiger partial charge in [-0.25, -0.2) is 4.79 Å². The summed E-state index contributed by atoms with van der Waals surface area (Å²) in [5.74, 6) is 0.896. The second-order valence-corrected chi connectivity index (χ2v) is 10.8. The molecule has 4 aliphatic rings. The van der Waals surface area contributed by atoms with Crippen molar-refractivity contribution < 1.29 is 9.53 Å². The Bertz CT molecular complexity index is 797. The van der Waals surface area contributed by atoms with E-state index in [2.05, 4.69) is 54.5 Å². The number of carbonyl (C=O) groups is 1. The minimum Gasteiger partial charge on any atom is -0.448 e. The van der Waals surface area contributed by atoms with Crippen LogP contribution >= 0.6 is 0 Å². The van der Waals surface area contributed by atoms with Gasteiger partial charge >= 0.3 is 6.09 Å². The summed E-state index contributed by atoms with van der Waals surface area (Å²) >= 11 is 0. The van der Waals surface area contributed by atoms with E-state index < -0.39 is 0 Å². The van der Waals surface area contributed by atoms with Crippen LogP contribution in [-0.2, 0) is 4.74 Å². The zero-order valence-electron chi connectivity index (χ0n) is 21.5. The van der Waals surface area contributed by atoms with Crippen LogP contribution in [-0.4, -0.2) is 78.2 Å². The van der Waals surface area contributed by atoms with Crippen LogP contribution in [0.3, 0.4) is 0 Å². The summed E-state index contributed by atoms with van der Waals surface area (Å²) in [6.07, 6.45) is 20.1. The van der Waals surface area contributed by atoms with Crippen molar-refractivity contribution >= 4 is 6.09 Å². The Morgan fingerprint density at radius 2 is 2.03 bits per heavy atom. The van der Waals surface area contributed by atoms with Gasteiger partial charge in [-0.1, -0.05) is 36.0 Å². The smallest absolute Gasteiger partial charge is 0.410 e. The standard InChI is InChI=1S/C29H45N3O2/c1-4-5-17-32-27(10-7-11-28(32)26-9-6-8-23(2)12-15-26)22-34-29(33)31-20-19-30(18-16-24(31)3)21-25-13-14-25/h4,6,8-9,15,24-25,27-28H,1,5,7,10-14,16-22H2,2-3H3/t24?,27-,28+/m1/s1. The first-order valence-electron chi connectivity index (χ1n) is 13.6. The molecule has 5 heteroatoms. The van der Waals surface area contributed by atoms with Gasteiger partial charge in [-0.2, -0.15) is 0 Å². The first-order valence-corrected chi connectivity index (χ1v) is 13.6. The Morgan fingerprint density at radius 3 is 2.82 bits per heavy atom. The van der Waals surface area contributed by atoms with Gasteiger partial charge in [-0.3, -0.25) is 4.90 Å². The summed E-state index contributed by atoms with van der Waals surface area (Å²) < 4.78 is 6.02. The monoisotopic (exact) mass is 467 g/mol. The fourth-order valence-corrected chi connectivity index (χ4v) is 5.71. The average molecular weight is 468 g/mol. The Kier molecular flexibility index (Phi) is 9.07. The quantitative estimate of drug-likeness (QED) is 0.438. The Morgan fingerprint density at radius 1 is 1.18 bits per heavy atom. The van der Waals surface area contributed by atoms with Gasteiger partial charge in [0.15, 0.2) is 0 Å². The van der Waals surface area contributed by atoms with Crippen LogP contribution < -0.4 is 0 Å². The van der Waals surface area contributed by atoms with E-state index in [-0.39, 0.29) is 18.2 Å². The van der Waals surface area contributed by atoms with Gasteiger partial charge in [0.05, 0.1) is 0 Å². The van der Waals surface area contributed by atoms with Crippen LogP contribution in [0.5, 0.6) is 0 Å². The summed E-state index contributed by atoms with van der Waals surface area (Å²) in [4.78, 5) is 20.3. The summed E-state index contributed by atoms with van der Waals surface area (Å²) in [5, 5.41) is 0. The summed E-state index contributed by atoms with van der Waals surface area (Å²) in [6, 6.07) is 0.897. The van der Waals surface area contributed by atoms with Crippen molar-refractivity contribution in [3.05, 3.63) is 48.1 Å². The molecule has 3 atom stereocenters. The summed E-state index contributed by atoms with van der Waals surface area (Å²) in [6.45, 7) is 13.8. The van der Waals surface area contributed by atoms with Crippen LogP contribution in [0.25, 0.3) is 0 Å². The third-order valence-corrected chi connectivity index (χ3v) is 8.09. The van der Waals surface area contributed by atoms with E-state index in [0.29, 0.717) is 12.6 Å². The first kappa shape index (κ1) is 25.2. The molecule has 188 valence electrons. The lowest BCUT2D eigenvalue weighted by molar-refractivity contribution is 0.0299. The second kappa shape index (κ2) is 12.2. The second-order valence-electron chi connectivity index (χ2n) is 10.8. The topological polar surface area (TPSA) is 36.0 Å². The molecule has 0 radical (unpaired) electrons. The highest BCUT2D eigenvalue weighted by Crippen LogP contribution is 2.31.